The Morgan fingerprint density at radius 3 is 3.00 bits per heavy atom. The van der Waals surface area contributed by atoms with Gasteiger partial charge in [0.05, 0.1) is 17.9 Å². The van der Waals surface area contributed by atoms with Crippen LogP contribution >= 0.6 is 15.9 Å². The van der Waals surface area contributed by atoms with Crippen molar-refractivity contribution < 1.29 is 0 Å². The van der Waals surface area contributed by atoms with E-state index in [1.807, 2.05) is 0 Å². The number of halogens is 1. The molecule has 4 heteroatoms. The van der Waals surface area contributed by atoms with E-state index in [2.05, 4.69) is 50.9 Å². The second-order valence-corrected chi connectivity index (χ2v) is 5.20. The summed E-state index contributed by atoms with van der Waals surface area (Å²) in [7, 11) is 0. The van der Waals surface area contributed by atoms with E-state index in [-0.39, 0.29) is 0 Å². The maximum Gasteiger partial charge on any atom is 0.0814 e. The summed E-state index contributed by atoms with van der Waals surface area (Å²) in [6, 6.07) is 3.12. The van der Waals surface area contributed by atoms with Gasteiger partial charge in [-0.3, -0.25) is 4.90 Å². The number of likely N-dealkylation sites (tertiary alicyclic amines) is 1. The van der Waals surface area contributed by atoms with Gasteiger partial charge >= 0.3 is 0 Å². The highest BCUT2D eigenvalue weighted by Crippen LogP contribution is 2.32. The lowest BCUT2D eigenvalue weighted by atomic mass is 10.1. The van der Waals surface area contributed by atoms with Gasteiger partial charge in [-0.05, 0) is 55.2 Å². The Hall–Kier alpha value is -0.480. The topological polar surface area (TPSA) is 29.0 Å². The van der Waals surface area contributed by atoms with Gasteiger partial charge in [0.25, 0.3) is 0 Å². The Morgan fingerprint density at radius 1 is 1.53 bits per heavy atom. The number of hydrogen-bond acceptors (Lipinski definition) is 3. The number of aromatic nitrogens is 2. The molecular weight excluding hydrogens is 254 g/mol. The lowest BCUT2D eigenvalue weighted by Gasteiger charge is -2.27. The van der Waals surface area contributed by atoms with E-state index in [0.29, 0.717) is 12.1 Å². The minimum atomic E-state index is 0.454. The highest BCUT2D eigenvalue weighted by molar-refractivity contribution is 9.10. The summed E-state index contributed by atoms with van der Waals surface area (Å²) in [4.78, 5) is 2.50. The fourth-order valence-electron chi connectivity index (χ4n) is 2.25. The molecule has 0 saturated carbocycles. The molecule has 15 heavy (non-hydrogen) atoms. The SMILES string of the molecule is CC(C)N1CCCC1c1cc(Br)cnn1. The molecule has 82 valence electrons. The standard InChI is InChI=1S/C11H16BrN3/c1-8(2)15-5-3-4-11(15)10-6-9(12)7-13-14-10/h6-8,11H,3-5H2,1-2H3. The third-order valence-corrected chi connectivity index (χ3v) is 3.37. The van der Waals surface area contributed by atoms with Crippen LogP contribution in [0.3, 0.4) is 0 Å². The second kappa shape index (κ2) is 4.58. The molecule has 0 spiro atoms. The van der Waals surface area contributed by atoms with Crippen molar-refractivity contribution in [2.75, 3.05) is 6.54 Å². The Bertz CT molecular complexity index is 340. The first kappa shape index (κ1) is 11.0. The average molecular weight is 270 g/mol. The van der Waals surface area contributed by atoms with E-state index in [9.17, 15) is 0 Å². The van der Waals surface area contributed by atoms with Gasteiger partial charge in [-0.2, -0.15) is 10.2 Å². The van der Waals surface area contributed by atoms with Crippen molar-refractivity contribution in [1.29, 1.82) is 0 Å². The first-order chi connectivity index (χ1) is 7.18. The maximum absolute atomic E-state index is 4.23. The Balaban J connectivity index is 2.22. The van der Waals surface area contributed by atoms with Crippen LogP contribution in [0.4, 0.5) is 0 Å². The molecule has 0 aromatic carbocycles. The van der Waals surface area contributed by atoms with E-state index >= 15 is 0 Å². The van der Waals surface area contributed by atoms with Crippen molar-refractivity contribution in [1.82, 2.24) is 15.1 Å². The summed E-state index contributed by atoms with van der Waals surface area (Å²) < 4.78 is 1.02. The molecule has 1 atom stereocenters. The third kappa shape index (κ3) is 2.37. The van der Waals surface area contributed by atoms with Crippen LogP contribution in [0.25, 0.3) is 0 Å². The number of hydrogen-bond donors (Lipinski definition) is 0. The van der Waals surface area contributed by atoms with Gasteiger partial charge in [0.2, 0.25) is 0 Å². The number of nitrogens with zero attached hydrogens (tertiary/aromatic N) is 3. The van der Waals surface area contributed by atoms with E-state index < -0.39 is 0 Å². The van der Waals surface area contributed by atoms with Gasteiger partial charge in [-0.1, -0.05) is 0 Å². The molecule has 0 amide bonds. The molecule has 0 radical (unpaired) electrons. The van der Waals surface area contributed by atoms with Crippen molar-refractivity contribution in [2.24, 2.45) is 0 Å². The van der Waals surface area contributed by atoms with E-state index in [1.54, 1.807) is 6.20 Å². The van der Waals surface area contributed by atoms with Gasteiger partial charge in [0, 0.05) is 10.5 Å². The van der Waals surface area contributed by atoms with Gasteiger partial charge in [0.15, 0.2) is 0 Å². The number of rotatable bonds is 2. The van der Waals surface area contributed by atoms with E-state index in [4.69, 9.17) is 0 Å². The molecule has 1 aliphatic heterocycles. The first-order valence-electron chi connectivity index (χ1n) is 5.42. The molecule has 3 nitrogen and oxygen atoms in total. The lowest BCUT2D eigenvalue weighted by molar-refractivity contribution is 0.201. The summed E-state index contributed by atoms with van der Waals surface area (Å²) in [5.74, 6) is 0. The Morgan fingerprint density at radius 2 is 2.33 bits per heavy atom. The van der Waals surface area contributed by atoms with Gasteiger partial charge in [-0.25, -0.2) is 0 Å². The molecule has 2 rings (SSSR count). The van der Waals surface area contributed by atoms with Gasteiger partial charge < -0.3 is 0 Å². The summed E-state index contributed by atoms with van der Waals surface area (Å²) in [6.45, 7) is 5.66. The Labute approximate surface area is 99.0 Å². The van der Waals surface area contributed by atoms with Crippen LogP contribution in [0.15, 0.2) is 16.7 Å². The molecule has 1 aliphatic rings. The van der Waals surface area contributed by atoms with Crippen molar-refractivity contribution in [3.63, 3.8) is 0 Å². The van der Waals surface area contributed by atoms with Crippen LogP contribution in [-0.4, -0.2) is 27.7 Å². The third-order valence-electron chi connectivity index (χ3n) is 2.94. The van der Waals surface area contributed by atoms with E-state index in [0.717, 1.165) is 10.2 Å². The predicted octanol–water partition coefficient (Wildman–Crippen LogP) is 2.78. The highest BCUT2D eigenvalue weighted by atomic mass is 79.9. The minimum absolute atomic E-state index is 0.454. The predicted molar refractivity (Wildman–Crippen MR) is 63.5 cm³/mol. The fraction of sp³-hybridized carbons (Fsp3) is 0.636. The summed E-state index contributed by atoms with van der Waals surface area (Å²) in [6.07, 6.45) is 4.19. The molecule has 1 unspecified atom stereocenters. The smallest absolute Gasteiger partial charge is 0.0814 e. The van der Waals surface area contributed by atoms with Crippen molar-refractivity contribution in [3.8, 4) is 0 Å². The van der Waals surface area contributed by atoms with Crippen LogP contribution in [-0.2, 0) is 0 Å². The zero-order valence-corrected chi connectivity index (χ0v) is 10.7. The van der Waals surface area contributed by atoms with Crippen LogP contribution < -0.4 is 0 Å². The largest absolute Gasteiger partial charge is 0.292 e. The normalized spacial score (nSPS) is 22.5. The molecule has 1 fully saturated rings. The quantitative estimate of drug-likeness (QED) is 0.827. The average Bonchev–Trinajstić information content (AvgIpc) is 2.65. The molecule has 2 heterocycles. The highest BCUT2D eigenvalue weighted by Gasteiger charge is 2.29. The van der Waals surface area contributed by atoms with Crippen molar-refractivity contribution >= 4 is 15.9 Å². The monoisotopic (exact) mass is 269 g/mol. The molecule has 1 aromatic rings. The zero-order valence-electron chi connectivity index (χ0n) is 9.15. The molecule has 1 aromatic heterocycles. The van der Waals surface area contributed by atoms with Gasteiger partial charge in [-0.15, -0.1) is 0 Å². The first-order valence-corrected chi connectivity index (χ1v) is 6.21. The van der Waals surface area contributed by atoms with Crippen molar-refractivity contribution in [2.45, 2.75) is 38.8 Å². The lowest BCUT2D eigenvalue weighted by Crippen LogP contribution is -2.30. The van der Waals surface area contributed by atoms with Gasteiger partial charge in [0.1, 0.15) is 0 Å². The summed E-state index contributed by atoms with van der Waals surface area (Å²) >= 11 is 3.45. The maximum atomic E-state index is 4.23. The van der Waals surface area contributed by atoms with Crippen LogP contribution in [0, 0.1) is 0 Å². The molecule has 0 aliphatic carbocycles. The van der Waals surface area contributed by atoms with Crippen LogP contribution in [0.1, 0.15) is 38.4 Å². The van der Waals surface area contributed by atoms with E-state index in [1.165, 1.54) is 19.4 Å². The van der Waals surface area contributed by atoms with Crippen LogP contribution in [0.5, 0.6) is 0 Å². The van der Waals surface area contributed by atoms with Crippen molar-refractivity contribution in [3.05, 3.63) is 22.4 Å². The van der Waals surface area contributed by atoms with Crippen LogP contribution in [0.2, 0.25) is 0 Å². The molecule has 0 N–H and O–H groups in total. The summed E-state index contributed by atoms with van der Waals surface area (Å²) in [5.41, 5.74) is 1.09. The Kier molecular flexibility index (Phi) is 3.36. The fourth-order valence-corrected chi connectivity index (χ4v) is 2.57. The molecule has 1 saturated heterocycles. The second-order valence-electron chi connectivity index (χ2n) is 4.29. The minimum Gasteiger partial charge on any atom is -0.292 e. The zero-order chi connectivity index (χ0) is 10.8. The summed E-state index contributed by atoms with van der Waals surface area (Å²) in [5, 5.41) is 8.23. The molecule has 0 bridgehead atoms. The molecular formula is C11H16BrN3.